The fourth-order valence-electron chi connectivity index (χ4n) is 5.00. The Bertz CT molecular complexity index is 720. The Morgan fingerprint density at radius 2 is 1.52 bits per heavy atom. The average molecular weight is 436 g/mol. The van der Waals surface area contributed by atoms with Crippen LogP contribution in [0.4, 0.5) is 5.69 Å². The lowest BCUT2D eigenvalue weighted by molar-refractivity contribution is -0.115. The van der Waals surface area contributed by atoms with Crippen molar-refractivity contribution in [3.05, 3.63) is 40.6 Å². The van der Waals surface area contributed by atoms with E-state index in [1.54, 1.807) is 4.90 Å². The lowest BCUT2D eigenvalue weighted by Gasteiger charge is -2.43. The molecule has 0 saturated carbocycles. The summed E-state index contributed by atoms with van der Waals surface area (Å²) in [4.78, 5) is 15.2. The SMILES string of the molecule is CC(C)[Si](OC1=C(C(=O)N(C)c2ccccc2Cl)CCCCC1)(C(C)C)C(C)C. The molecule has 0 aliphatic heterocycles. The molecular weight excluding hydrogens is 398 g/mol. The zero-order chi connectivity index (χ0) is 21.8. The number of anilines is 1. The first-order chi connectivity index (χ1) is 13.6. The first-order valence-corrected chi connectivity index (χ1v) is 13.6. The van der Waals surface area contributed by atoms with E-state index in [1.807, 2.05) is 31.3 Å². The Morgan fingerprint density at radius 1 is 0.966 bits per heavy atom. The molecule has 0 unspecified atom stereocenters. The van der Waals surface area contributed by atoms with Gasteiger partial charge in [0.15, 0.2) is 0 Å². The highest BCUT2D eigenvalue weighted by atomic mass is 35.5. The van der Waals surface area contributed by atoms with E-state index in [9.17, 15) is 4.79 Å². The molecule has 0 radical (unpaired) electrons. The first-order valence-electron chi connectivity index (χ1n) is 11.1. The molecule has 0 N–H and O–H groups in total. The Labute approximate surface area is 183 Å². The van der Waals surface area contributed by atoms with E-state index < -0.39 is 8.32 Å². The van der Waals surface area contributed by atoms with E-state index in [2.05, 4.69) is 41.5 Å². The second kappa shape index (κ2) is 10.2. The fourth-order valence-corrected chi connectivity index (χ4v) is 10.6. The van der Waals surface area contributed by atoms with Gasteiger partial charge in [0.2, 0.25) is 0 Å². The van der Waals surface area contributed by atoms with Crippen molar-refractivity contribution in [1.82, 2.24) is 0 Å². The molecule has 5 heteroatoms. The van der Waals surface area contributed by atoms with Crippen LogP contribution < -0.4 is 4.90 Å². The molecule has 1 aromatic carbocycles. The number of halogens is 1. The van der Waals surface area contributed by atoms with E-state index in [0.29, 0.717) is 21.6 Å². The zero-order valence-electron chi connectivity index (χ0n) is 19.2. The maximum atomic E-state index is 13.6. The topological polar surface area (TPSA) is 29.5 Å². The van der Waals surface area contributed by atoms with E-state index in [1.165, 1.54) is 0 Å². The number of nitrogens with zero attached hydrogens (tertiary/aromatic N) is 1. The van der Waals surface area contributed by atoms with Crippen molar-refractivity contribution in [3.63, 3.8) is 0 Å². The molecule has 2 rings (SSSR count). The average Bonchev–Trinajstić information content (AvgIpc) is 2.89. The summed E-state index contributed by atoms with van der Waals surface area (Å²) >= 11 is 6.37. The molecule has 0 spiro atoms. The van der Waals surface area contributed by atoms with Crippen molar-refractivity contribution in [2.75, 3.05) is 11.9 Å². The Balaban J connectivity index is 2.49. The van der Waals surface area contributed by atoms with Crippen LogP contribution in [0.25, 0.3) is 0 Å². The Hall–Kier alpha value is -1.26. The van der Waals surface area contributed by atoms with Crippen molar-refractivity contribution in [1.29, 1.82) is 0 Å². The predicted octanol–water partition coefficient (Wildman–Crippen LogP) is 7.71. The Morgan fingerprint density at radius 3 is 2.07 bits per heavy atom. The second-order valence-electron chi connectivity index (χ2n) is 9.20. The number of allylic oxidation sites excluding steroid dienone is 1. The molecule has 0 saturated heterocycles. The van der Waals surface area contributed by atoms with Gasteiger partial charge in [-0.25, -0.2) is 0 Å². The summed E-state index contributed by atoms with van der Waals surface area (Å²) in [5.41, 5.74) is 3.04. The minimum Gasteiger partial charge on any atom is -0.545 e. The van der Waals surface area contributed by atoms with Gasteiger partial charge in [0, 0.05) is 13.5 Å². The molecule has 162 valence electrons. The van der Waals surface area contributed by atoms with Crippen LogP contribution >= 0.6 is 11.6 Å². The van der Waals surface area contributed by atoms with Crippen LogP contribution in [0.1, 0.15) is 73.6 Å². The quantitative estimate of drug-likeness (QED) is 0.410. The first kappa shape index (κ1) is 24.0. The highest BCUT2D eigenvalue weighted by Crippen LogP contribution is 2.45. The fraction of sp³-hybridized carbons (Fsp3) is 0.625. The standard InChI is InChI=1S/C24H38ClNO2Si/c1-17(2)29(18(3)4,19(5)6)28-23-16-10-8-9-13-20(23)24(27)26(7)22-15-12-11-14-21(22)25/h11-12,14-15,17-19H,8-10,13,16H2,1-7H3. The number of carbonyl (C=O) groups is 1. The van der Waals surface area contributed by atoms with Gasteiger partial charge in [-0.3, -0.25) is 4.79 Å². The summed E-state index contributed by atoms with van der Waals surface area (Å²) in [6.45, 7) is 13.8. The molecule has 0 fully saturated rings. The molecule has 1 amide bonds. The molecule has 1 aliphatic carbocycles. The predicted molar refractivity (Wildman–Crippen MR) is 127 cm³/mol. The molecular formula is C24H38ClNO2Si. The Kier molecular flexibility index (Phi) is 8.42. The van der Waals surface area contributed by atoms with Crippen LogP contribution in [0.5, 0.6) is 0 Å². The third-order valence-corrected chi connectivity index (χ3v) is 12.8. The van der Waals surface area contributed by atoms with Gasteiger partial charge < -0.3 is 9.33 Å². The number of para-hydroxylation sites is 1. The highest BCUT2D eigenvalue weighted by molar-refractivity contribution is 6.77. The summed E-state index contributed by atoms with van der Waals surface area (Å²) in [6, 6.07) is 7.52. The van der Waals surface area contributed by atoms with Gasteiger partial charge >= 0.3 is 0 Å². The van der Waals surface area contributed by atoms with Crippen LogP contribution in [0.2, 0.25) is 21.6 Å². The largest absolute Gasteiger partial charge is 0.545 e. The molecule has 1 aliphatic rings. The van der Waals surface area contributed by atoms with Crippen molar-refractivity contribution >= 4 is 31.5 Å². The van der Waals surface area contributed by atoms with Gasteiger partial charge in [-0.1, -0.05) is 71.7 Å². The van der Waals surface area contributed by atoms with Crippen LogP contribution in [0.3, 0.4) is 0 Å². The van der Waals surface area contributed by atoms with Crippen molar-refractivity contribution in [2.45, 2.75) is 90.3 Å². The molecule has 0 atom stereocenters. The van der Waals surface area contributed by atoms with Gasteiger partial charge in [-0.05, 0) is 48.0 Å². The number of likely N-dealkylation sites (N-methyl/N-ethyl adjacent to an activating group) is 1. The smallest absolute Gasteiger partial charge is 0.258 e. The highest BCUT2D eigenvalue weighted by Gasteiger charge is 2.47. The van der Waals surface area contributed by atoms with E-state index in [0.717, 1.165) is 49.1 Å². The second-order valence-corrected chi connectivity index (χ2v) is 15.0. The number of benzene rings is 1. The molecule has 0 aromatic heterocycles. The van der Waals surface area contributed by atoms with Gasteiger partial charge in [0.1, 0.15) is 0 Å². The van der Waals surface area contributed by atoms with E-state index >= 15 is 0 Å². The normalized spacial score (nSPS) is 15.8. The van der Waals surface area contributed by atoms with Crippen LogP contribution in [-0.4, -0.2) is 21.3 Å². The molecule has 0 heterocycles. The number of hydrogen-bond acceptors (Lipinski definition) is 2. The zero-order valence-corrected chi connectivity index (χ0v) is 21.0. The monoisotopic (exact) mass is 435 g/mol. The lowest BCUT2D eigenvalue weighted by atomic mass is 10.1. The minimum absolute atomic E-state index is 0.0224. The summed E-state index contributed by atoms with van der Waals surface area (Å²) in [7, 11) is -0.288. The molecule has 1 aromatic rings. The molecule has 29 heavy (non-hydrogen) atoms. The summed E-state index contributed by atoms with van der Waals surface area (Å²) in [5, 5.41) is 0.593. The maximum Gasteiger partial charge on any atom is 0.258 e. The van der Waals surface area contributed by atoms with Crippen LogP contribution in [0, 0.1) is 0 Å². The maximum absolute atomic E-state index is 13.6. The van der Waals surface area contributed by atoms with Gasteiger partial charge in [0.25, 0.3) is 14.2 Å². The molecule has 0 bridgehead atoms. The van der Waals surface area contributed by atoms with Crippen molar-refractivity contribution < 1.29 is 9.22 Å². The third kappa shape index (κ3) is 5.08. The van der Waals surface area contributed by atoms with E-state index in [4.69, 9.17) is 16.0 Å². The van der Waals surface area contributed by atoms with Gasteiger partial charge in [0.05, 0.1) is 22.0 Å². The summed E-state index contributed by atoms with van der Waals surface area (Å²) in [6.07, 6.45) is 4.89. The molecule has 3 nitrogen and oxygen atoms in total. The number of carbonyl (C=O) groups excluding carboxylic acids is 1. The lowest BCUT2D eigenvalue weighted by Crippen LogP contribution is -2.48. The minimum atomic E-state index is -2.10. The van der Waals surface area contributed by atoms with Gasteiger partial charge in [-0.15, -0.1) is 0 Å². The summed E-state index contributed by atoms with van der Waals surface area (Å²) in [5.74, 6) is 0.975. The van der Waals surface area contributed by atoms with Crippen LogP contribution in [0.15, 0.2) is 35.6 Å². The number of hydrogen-bond donors (Lipinski definition) is 0. The van der Waals surface area contributed by atoms with Crippen LogP contribution in [-0.2, 0) is 9.22 Å². The third-order valence-electron chi connectivity index (χ3n) is 6.45. The van der Waals surface area contributed by atoms with E-state index in [-0.39, 0.29) is 5.91 Å². The van der Waals surface area contributed by atoms with Crippen molar-refractivity contribution in [2.24, 2.45) is 0 Å². The van der Waals surface area contributed by atoms with Crippen molar-refractivity contribution in [3.8, 4) is 0 Å². The summed E-state index contributed by atoms with van der Waals surface area (Å²) < 4.78 is 7.03. The van der Waals surface area contributed by atoms with Gasteiger partial charge in [-0.2, -0.15) is 0 Å². The number of rotatable bonds is 7. The number of amides is 1.